The topological polar surface area (TPSA) is 72.6 Å². The second kappa shape index (κ2) is 9.98. The van der Waals surface area contributed by atoms with Gasteiger partial charge in [-0.1, -0.05) is 36.7 Å². The van der Waals surface area contributed by atoms with Crippen LogP contribution in [0.5, 0.6) is 0 Å². The number of benzene rings is 2. The molecule has 5 nitrogen and oxygen atoms in total. The van der Waals surface area contributed by atoms with E-state index < -0.39 is 11.8 Å². The van der Waals surface area contributed by atoms with Gasteiger partial charge in [-0.05, 0) is 61.6 Å². The number of nitrogens with zero attached hydrogens (tertiary/aromatic N) is 1. The molecule has 2 N–H and O–H groups in total. The van der Waals surface area contributed by atoms with Gasteiger partial charge in [0, 0.05) is 29.7 Å². The number of amides is 1. The van der Waals surface area contributed by atoms with Crippen LogP contribution in [0.3, 0.4) is 0 Å². The molecule has 0 aliphatic carbocycles. The summed E-state index contributed by atoms with van der Waals surface area (Å²) in [6.07, 6.45) is 3.53. The van der Waals surface area contributed by atoms with E-state index in [-0.39, 0.29) is 11.9 Å². The lowest BCUT2D eigenvalue weighted by molar-refractivity contribution is -0.119. The summed E-state index contributed by atoms with van der Waals surface area (Å²) in [5.41, 5.74) is 9.07. The summed E-state index contributed by atoms with van der Waals surface area (Å²) in [6.45, 7) is 6.03. The summed E-state index contributed by atoms with van der Waals surface area (Å²) in [7, 11) is 0. The summed E-state index contributed by atoms with van der Waals surface area (Å²) >= 11 is 6.64. The van der Waals surface area contributed by atoms with Crippen molar-refractivity contribution in [2.75, 3.05) is 24.6 Å². The zero-order valence-electron chi connectivity index (χ0n) is 17.6. The maximum Gasteiger partial charge on any atom is 0.338 e. The Kier molecular flexibility index (Phi) is 7.38. The highest BCUT2D eigenvalue weighted by molar-refractivity contribution is 6.31. The lowest BCUT2D eigenvalue weighted by Gasteiger charge is -2.34. The molecule has 2 unspecified atom stereocenters. The fourth-order valence-electron chi connectivity index (χ4n) is 4.29. The number of primary amides is 1. The van der Waals surface area contributed by atoms with Gasteiger partial charge in [0.1, 0.15) is 0 Å². The van der Waals surface area contributed by atoms with Crippen LogP contribution < -0.4 is 10.6 Å². The Morgan fingerprint density at radius 1 is 1.10 bits per heavy atom. The molecule has 2 aromatic rings. The molecule has 2 atom stereocenters. The maximum absolute atomic E-state index is 12.5. The molecule has 1 aliphatic rings. The van der Waals surface area contributed by atoms with E-state index in [1.807, 2.05) is 19.1 Å². The van der Waals surface area contributed by atoms with Gasteiger partial charge in [0.05, 0.1) is 18.1 Å². The van der Waals surface area contributed by atoms with Gasteiger partial charge < -0.3 is 15.4 Å². The first-order valence-electron chi connectivity index (χ1n) is 10.5. The first-order chi connectivity index (χ1) is 14.4. The highest BCUT2D eigenvalue weighted by Crippen LogP contribution is 2.42. The van der Waals surface area contributed by atoms with E-state index in [0.29, 0.717) is 17.2 Å². The van der Waals surface area contributed by atoms with E-state index >= 15 is 0 Å². The van der Waals surface area contributed by atoms with E-state index in [9.17, 15) is 9.59 Å². The molecule has 0 aromatic heterocycles. The largest absolute Gasteiger partial charge is 0.462 e. The molecule has 30 heavy (non-hydrogen) atoms. The Labute approximate surface area is 183 Å². The number of carbonyl (C=O) groups is 2. The van der Waals surface area contributed by atoms with Crippen LogP contribution in [0, 0.1) is 0 Å². The average Bonchev–Trinajstić information content (AvgIpc) is 2.74. The molecule has 0 saturated carbocycles. The molecular weight excluding hydrogens is 400 g/mol. The van der Waals surface area contributed by atoms with Crippen molar-refractivity contribution in [2.45, 2.75) is 44.9 Å². The first kappa shape index (κ1) is 22.2. The zero-order chi connectivity index (χ0) is 21.7. The molecule has 1 amide bonds. The maximum atomic E-state index is 12.5. The number of carbonyl (C=O) groups excluding carboxylic acids is 2. The van der Waals surface area contributed by atoms with E-state index in [2.05, 4.69) is 11.0 Å². The second-order valence-corrected chi connectivity index (χ2v) is 8.14. The van der Waals surface area contributed by atoms with Crippen LogP contribution in [0.25, 0.3) is 0 Å². The van der Waals surface area contributed by atoms with Gasteiger partial charge >= 0.3 is 5.97 Å². The van der Waals surface area contributed by atoms with Gasteiger partial charge in [0.15, 0.2) is 0 Å². The van der Waals surface area contributed by atoms with Crippen LogP contribution in [0.4, 0.5) is 5.69 Å². The highest BCUT2D eigenvalue weighted by Gasteiger charge is 2.31. The molecule has 2 aromatic carbocycles. The number of hydrogen-bond acceptors (Lipinski definition) is 4. The van der Waals surface area contributed by atoms with Crippen molar-refractivity contribution < 1.29 is 14.3 Å². The van der Waals surface area contributed by atoms with E-state index in [4.69, 9.17) is 22.1 Å². The number of rotatable bonds is 7. The Hall–Kier alpha value is -2.53. The summed E-state index contributed by atoms with van der Waals surface area (Å²) in [4.78, 5) is 26.8. The fraction of sp³-hybridized carbons (Fsp3) is 0.417. The average molecular weight is 429 g/mol. The molecule has 3 rings (SSSR count). The fourth-order valence-corrected chi connectivity index (χ4v) is 4.64. The Bertz CT molecular complexity index is 892. The summed E-state index contributed by atoms with van der Waals surface area (Å²) in [5.74, 6) is -1.59. The van der Waals surface area contributed by atoms with Crippen LogP contribution in [0.1, 0.15) is 66.4 Å². The summed E-state index contributed by atoms with van der Waals surface area (Å²) < 4.78 is 5.04. The van der Waals surface area contributed by atoms with Gasteiger partial charge in [-0.2, -0.15) is 0 Å². The lowest BCUT2D eigenvalue weighted by atomic mass is 9.81. The zero-order valence-corrected chi connectivity index (χ0v) is 18.3. The third kappa shape index (κ3) is 4.78. The standard InChI is InChI=1S/C24H29ClN2O3/c1-3-30-24(29)18-12-10-17(11-13-18)21(23(26)28)16(2)22-19(25)8-7-9-20(22)27-14-5-4-6-15-27/h7-13,16,21H,3-6,14-15H2,1-2H3,(H2,26,28). The molecule has 0 radical (unpaired) electrons. The number of anilines is 1. The van der Waals surface area contributed by atoms with Crippen LogP contribution in [0.2, 0.25) is 5.02 Å². The van der Waals surface area contributed by atoms with E-state index in [1.165, 1.54) is 6.42 Å². The molecular formula is C24H29ClN2O3. The minimum absolute atomic E-state index is 0.221. The minimum atomic E-state index is -0.565. The number of hydrogen-bond donors (Lipinski definition) is 1. The number of nitrogens with two attached hydrogens (primary N) is 1. The smallest absolute Gasteiger partial charge is 0.338 e. The number of halogens is 1. The van der Waals surface area contributed by atoms with Crippen LogP contribution in [-0.4, -0.2) is 31.6 Å². The summed E-state index contributed by atoms with van der Waals surface area (Å²) in [5, 5.41) is 0.639. The van der Waals surface area contributed by atoms with Gasteiger partial charge in [-0.25, -0.2) is 4.79 Å². The van der Waals surface area contributed by atoms with Crippen molar-refractivity contribution in [3.05, 3.63) is 64.2 Å². The predicted molar refractivity (Wildman–Crippen MR) is 120 cm³/mol. The third-order valence-corrected chi connectivity index (χ3v) is 6.10. The summed E-state index contributed by atoms with van der Waals surface area (Å²) in [6, 6.07) is 12.8. The lowest BCUT2D eigenvalue weighted by Crippen LogP contribution is -2.32. The molecule has 1 saturated heterocycles. The highest BCUT2D eigenvalue weighted by atomic mass is 35.5. The van der Waals surface area contributed by atoms with Crippen LogP contribution in [0.15, 0.2) is 42.5 Å². The van der Waals surface area contributed by atoms with Crippen molar-refractivity contribution in [1.82, 2.24) is 0 Å². The second-order valence-electron chi connectivity index (χ2n) is 7.73. The molecule has 1 aliphatic heterocycles. The van der Waals surface area contributed by atoms with Crippen molar-refractivity contribution in [1.29, 1.82) is 0 Å². The number of esters is 1. The van der Waals surface area contributed by atoms with E-state index in [0.717, 1.165) is 42.7 Å². The van der Waals surface area contributed by atoms with Crippen molar-refractivity contribution >= 4 is 29.2 Å². The van der Waals surface area contributed by atoms with Crippen LogP contribution >= 0.6 is 11.6 Å². The Morgan fingerprint density at radius 3 is 2.37 bits per heavy atom. The first-order valence-corrected chi connectivity index (χ1v) is 10.9. The Morgan fingerprint density at radius 2 is 1.77 bits per heavy atom. The molecule has 6 heteroatoms. The van der Waals surface area contributed by atoms with E-state index in [1.54, 1.807) is 31.2 Å². The number of ether oxygens (including phenoxy) is 1. The quantitative estimate of drug-likeness (QED) is 0.638. The molecule has 0 bridgehead atoms. The monoisotopic (exact) mass is 428 g/mol. The van der Waals surface area contributed by atoms with Crippen molar-refractivity contribution in [3.8, 4) is 0 Å². The molecule has 1 heterocycles. The van der Waals surface area contributed by atoms with Crippen molar-refractivity contribution in [2.24, 2.45) is 5.73 Å². The normalized spacial score (nSPS) is 16.0. The van der Waals surface area contributed by atoms with Gasteiger partial charge in [0.2, 0.25) is 5.91 Å². The SMILES string of the molecule is CCOC(=O)c1ccc(C(C(N)=O)C(C)c2c(Cl)cccc2N2CCCCC2)cc1. The van der Waals surface area contributed by atoms with Crippen molar-refractivity contribution in [3.63, 3.8) is 0 Å². The Balaban J connectivity index is 1.96. The number of piperidine rings is 1. The third-order valence-electron chi connectivity index (χ3n) is 5.77. The minimum Gasteiger partial charge on any atom is -0.462 e. The molecule has 160 valence electrons. The van der Waals surface area contributed by atoms with Gasteiger partial charge in [0.25, 0.3) is 0 Å². The molecule has 1 fully saturated rings. The molecule has 0 spiro atoms. The van der Waals surface area contributed by atoms with Gasteiger partial charge in [-0.3, -0.25) is 4.79 Å². The van der Waals surface area contributed by atoms with Gasteiger partial charge in [-0.15, -0.1) is 0 Å². The predicted octanol–water partition coefficient (Wildman–Crippen LogP) is 4.88. The van der Waals surface area contributed by atoms with Crippen LogP contribution in [-0.2, 0) is 9.53 Å².